The van der Waals surface area contributed by atoms with Crippen molar-refractivity contribution in [2.75, 3.05) is 18.5 Å². The van der Waals surface area contributed by atoms with Gasteiger partial charge in [0.15, 0.2) is 6.61 Å². The van der Waals surface area contributed by atoms with E-state index in [1.54, 1.807) is 13.0 Å². The first kappa shape index (κ1) is 23.3. The number of anilines is 1. The summed E-state index contributed by atoms with van der Waals surface area (Å²) in [5.41, 5.74) is 1.10. The maximum atomic E-state index is 12.4. The van der Waals surface area contributed by atoms with Crippen LogP contribution in [0.3, 0.4) is 0 Å². The van der Waals surface area contributed by atoms with Gasteiger partial charge in [0.05, 0.1) is 12.2 Å². The molecule has 0 aliphatic rings. The summed E-state index contributed by atoms with van der Waals surface area (Å²) in [5, 5.41) is 16.5. The third-order valence-electron chi connectivity index (χ3n) is 4.65. The third kappa shape index (κ3) is 5.45. The van der Waals surface area contributed by atoms with Gasteiger partial charge in [0.1, 0.15) is 16.3 Å². The highest BCUT2D eigenvalue weighted by molar-refractivity contribution is 7.15. The molecule has 0 aliphatic carbocycles. The zero-order valence-electron chi connectivity index (χ0n) is 18.1. The van der Waals surface area contributed by atoms with Crippen molar-refractivity contribution >= 4 is 45.0 Å². The van der Waals surface area contributed by atoms with Crippen LogP contribution in [-0.2, 0) is 20.7 Å². The van der Waals surface area contributed by atoms with Crippen molar-refractivity contribution < 1.29 is 29.0 Å². The first-order valence-electron chi connectivity index (χ1n) is 10.3. The molecule has 0 bridgehead atoms. The Kier molecular flexibility index (Phi) is 7.48. The lowest BCUT2D eigenvalue weighted by atomic mass is 10.0. The summed E-state index contributed by atoms with van der Waals surface area (Å²) in [7, 11) is 0. The van der Waals surface area contributed by atoms with E-state index in [0.29, 0.717) is 22.9 Å². The average Bonchev–Trinajstić information content (AvgIpc) is 3.12. The summed E-state index contributed by atoms with van der Waals surface area (Å²) >= 11 is 1.22. The zero-order chi connectivity index (χ0) is 23.3. The zero-order valence-corrected chi connectivity index (χ0v) is 19.0. The van der Waals surface area contributed by atoms with Gasteiger partial charge in [-0.1, -0.05) is 38.1 Å². The predicted octanol–water partition coefficient (Wildman–Crippen LogP) is 4.78. The van der Waals surface area contributed by atoms with Gasteiger partial charge < -0.3 is 19.9 Å². The van der Waals surface area contributed by atoms with E-state index in [-0.39, 0.29) is 17.9 Å². The van der Waals surface area contributed by atoms with Gasteiger partial charge in [0.25, 0.3) is 5.91 Å². The van der Waals surface area contributed by atoms with Crippen LogP contribution in [-0.4, -0.2) is 36.2 Å². The molecule has 2 aromatic carbocycles. The normalized spacial score (nSPS) is 10.9. The van der Waals surface area contributed by atoms with Gasteiger partial charge in [-0.05, 0) is 53.1 Å². The molecule has 0 radical (unpaired) electrons. The van der Waals surface area contributed by atoms with Crippen LogP contribution in [0.5, 0.6) is 5.75 Å². The number of benzene rings is 2. The molecule has 0 spiro atoms. The molecule has 0 aliphatic heterocycles. The summed E-state index contributed by atoms with van der Waals surface area (Å²) in [6.45, 7) is 5.44. The summed E-state index contributed by atoms with van der Waals surface area (Å²) in [4.78, 5) is 37.3. The van der Waals surface area contributed by atoms with Crippen molar-refractivity contribution in [1.82, 2.24) is 0 Å². The van der Waals surface area contributed by atoms with Crippen molar-refractivity contribution in [3.8, 4) is 5.75 Å². The molecule has 1 amide bonds. The van der Waals surface area contributed by atoms with Gasteiger partial charge in [-0.3, -0.25) is 4.79 Å². The minimum atomic E-state index is -0.819. The van der Waals surface area contributed by atoms with Crippen LogP contribution in [0.15, 0.2) is 41.8 Å². The lowest BCUT2D eigenvalue weighted by Gasteiger charge is -2.10. The fourth-order valence-corrected chi connectivity index (χ4v) is 4.25. The molecule has 7 nitrogen and oxygen atoms in total. The van der Waals surface area contributed by atoms with Gasteiger partial charge in [0.2, 0.25) is 0 Å². The molecular weight excluding hydrogens is 430 g/mol. The van der Waals surface area contributed by atoms with Crippen LogP contribution in [0.1, 0.15) is 47.1 Å². The number of thiophene rings is 1. The molecule has 3 aromatic rings. The molecule has 1 heterocycles. The highest BCUT2D eigenvalue weighted by Crippen LogP contribution is 2.31. The second kappa shape index (κ2) is 10.3. The van der Waals surface area contributed by atoms with Crippen molar-refractivity contribution in [3.63, 3.8) is 0 Å². The number of nitrogens with one attached hydrogen (secondary N) is 1. The molecule has 168 valence electrons. The maximum Gasteiger partial charge on any atom is 0.342 e. The Morgan fingerprint density at radius 1 is 1.06 bits per heavy atom. The Morgan fingerprint density at radius 3 is 2.41 bits per heavy atom. The number of aromatic hydroxyl groups is 1. The molecule has 0 saturated carbocycles. The van der Waals surface area contributed by atoms with Gasteiger partial charge in [-0.15, -0.1) is 11.3 Å². The number of rotatable bonds is 8. The first-order valence-corrected chi connectivity index (χ1v) is 11.1. The van der Waals surface area contributed by atoms with E-state index in [9.17, 15) is 19.5 Å². The number of hydrogen-bond donors (Lipinski definition) is 2. The molecule has 8 heteroatoms. The van der Waals surface area contributed by atoms with Crippen molar-refractivity contribution in [2.45, 2.75) is 27.2 Å². The fourth-order valence-electron chi connectivity index (χ4n) is 3.27. The molecule has 32 heavy (non-hydrogen) atoms. The summed E-state index contributed by atoms with van der Waals surface area (Å²) in [6, 6.07) is 10.2. The summed E-state index contributed by atoms with van der Waals surface area (Å²) in [6.07, 6.45) is 0.663. The van der Waals surface area contributed by atoms with Gasteiger partial charge in [-0.25, -0.2) is 9.59 Å². The lowest BCUT2D eigenvalue weighted by Crippen LogP contribution is -2.22. The molecule has 2 N–H and O–H groups in total. The average molecular weight is 456 g/mol. The van der Waals surface area contributed by atoms with E-state index in [4.69, 9.17) is 9.47 Å². The summed E-state index contributed by atoms with van der Waals surface area (Å²) < 4.78 is 10.2. The third-order valence-corrected chi connectivity index (χ3v) is 5.59. The number of carbonyl (C=O) groups is 3. The van der Waals surface area contributed by atoms with Gasteiger partial charge in [-0.2, -0.15) is 0 Å². The van der Waals surface area contributed by atoms with Crippen LogP contribution in [0.4, 0.5) is 5.00 Å². The SMILES string of the molecule is CCOC(=O)c1c(CC(C)C)csc1NC(=O)COC(=O)c1cc2ccccc2cc1O. The van der Waals surface area contributed by atoms with E-state index in [1.807, 2.05) is 37.4 Å². The molecule has 3 rings (SSSR count). The Balaban J connectivity index is 1.70. The predicted molar refractivity (Wildman–Crippen MR) is 123 cm³/mol. The highest BCUT2D eigenvalue weighted by atomic mass is 32.1. The van der Waals surface area contributed by atoms with Gasteiger partial charge >= 0.3 is 11.9 Å². The van der Waals surface area contributed by atoms with Crippen molar-refractivity contribution in [3.05, 3.63) is 58.5 Å². The number of amides is 1. The number of hydrogen-bond acceptors (Lipinski definition) is 7. The molecular formula is C24H25NO6S. The summed E-state index contributed by atoms with van der Waals surface area (Å²) in [5.74, 6) is -1.83. The van der Waals surface area contributed by atoms with E-state index in [2.05, 4.69) is 5.32 Å². The monoisotopic (exact) mass is 455 g/mol. The van der Waals surface area contributed by atoms with Crippen LogP contribution in [0.2, 0.25) is 0 Å². The van der Waals surface area contributed by atoms with Crippen molar-refractivity contribution in [1.29, 1.82) is 0 Å². The molecule has 0 unspecified atom stereocenters. The largest absolute Gasteiger partial charge is 0.507 e. The number of esters is 2. The quantitative estimate of drug-likeness (QED) is 0.474. The lowest BCUT2D eigenvalue weighted by molar-refractivity contribution is -0.119. The molecule has 0 atom stereocenters. The van der Waals surface area contributed by atoms with E-state index in [1.165, 1.54) is 23.5 Å². The molecule has 0 fully saturated rings. The van der Waals surface area contributed by atoms with Crippen LogP contribution in [0, 0.1) is 5.92 Å². The topological polar surface area (TPSA) is 102 Å². The van der Waals surface area contributed by atoms with Crippen LogP contribution >= 0.6 is 11.3 Å². The number of phenols is 1. The minimum absolute atomic E-state index is 0.0287. The minimum Gasteiger partial charge on any atom is -0.507 e. The Morgan fingerprint density at radius 2 is 1.75 bits per heavy atom. The smallest absolute Gasteiger partial charge is 0.342 e. The van der Waals surface area contributed by atoms with E-state index >= 15 is 0 Å². The van der Waals surface area contributed by atoms with Crippen LogP contribution in [0.25, 0.3) is 10.8 Å². The fraction of sp³-hybridized carbons (Fsp3) is 0.292. The molecule has 0 saturated heterocycles. The van der Waals surface area contributed by atoms with Crippen molar-refractivity contribution in [2.24, 2.45) is 5.92 Å². The number of phenolic OH excluding ortho intramolecular Hbond substituents is 1. The van der Waals surface area contributed by atoms with E-state index in [0.717, 1.165) is 16.3 Å². The first-order chi connectivity index (χ1) is 15.3. The number of ether oxygens (including phenoxy) is 2. The Hall–Kier alpha value is -3.39. The number of carbonyl (C=O) groups excluding carboxylic acids is 3. The van der Waals surface area contributed by atoms with Gasteiger partial charge in [0, 0.05) is 0 Å². The second-order valence-corrected chi connectivity index (χ2v) is 8.50. The Labute approximate surface area is 190 Å². The standard InChI is InChI=1S/C24H25NO6S/c1-4-30-24(29)21-17(9-14(2)3)13-32-22(21)25-20(27)12-31-23(28)18-10-15-7-5-6-8-16(15)11-19(18)26/h5-8,10-11,13-14,26H,4,9,12H2,1-3H3,(H,25,27). The molecule has 1 aromatic heterocycles. The second-order valence-electron chi connectivity index (χ2n) is 7.62. The number of fused-ring (bicyclic) bond motifs is 1. The van der Waals surface area contributed by atoms with Crippen LogP contribution < -0.4 is 5.32 Å². The maximum absolute atomic E-state index is 12.4. The highest BCUT2D eigenvalue weighted by Gasteiger charge is 2.23. The Bertz CT molecular complexity index is 1150. The van der Waals surface area contributed by atoms with E-state index < -0.39 is 24.5 Å².